The van der Waals surface area contributed by atoms with Gasteiger partial charge in [0.15, 0.2) is 0 Å². The Morgan fingerprint density at radius 2 is 0.700 bits per heavy atom. The maximum absolute atomic E-state index is 3.22. The summed E-state index contributed by atoms with van der Waals surface area (Å²) in [5.74, 6) is 0. The number of hydrogen-bond acceptors (Lipinski definition) is 0. The van der Waals surface area contributed by atoms with Crippen molar-refractivity contribution in [2.45, 2.75) is 111 Å². The molecule has 116 valence electrons. The number of hydrogen-bond donors (Lipinski definition) is 0. The van der Waals surface area contributed by atoms with Crippen molar-refractivity contribution in [2.24, 2.45) is 0 Å². The van der Waals surface area contributed by atoms with Crippen LogP contribution in [0.2, 0.25) is 14.3 Å². The Morgan fingerprint density at radius 3 is 0.950 bits per heavy atom. The molecule has 20 heavy (non-hydrogen) atoms. The van der Waals surface area contributed by atoms with Crippen molar-refractivity contribution < 1.29 is 0 Å². The van der Waals surface area contributed by atoms with Gasteiger partial charge in [0, 0.05) is 0 Å². The van der Waals surface area contributed by atoms with E-state index in [1.54, 1.807) is 96.3 Å². The van der Waals surface area contributed by atoms with E-state index in [2.05, 4.69) is 20.2 Å². The molecule has 0 aromatic carbocycles. The minimum atomic E-state index is -1.69. The van der Waals surface area contributed by atoms with E-state index in [1.807, 2.05) is 0 Å². The maximum atomic E-state index is 3.22. The molecule has 3 rings (SSSR count). The van der Waals surface area contributed by atoms with Crippen LogP contribution in [0.25, 0.3) is 0 Å². The van der Waals surface area contributed by atoms with E-state index in [-0.39, 0.29) is 0 Å². The zero-order chi connectivity index (χ0) is 13.8. The fraction of sp³-hybridized carbons (Fsp3) is 1.00. The zero-order valence-electron chi connectivity index (χ0n) is 13.2. The second kappa shape index (κ2) is 7.70. The first-order chi connectivity index (χ1) is 9.82. The van der Waals surface area contributed by atoms with E-state index in [1.165, 1.54) is 14.3 Å². The van der Waals surface area contributed by atoms with Crippen molar-refractivity contribution in [3.63, 3.8) is 0 Å². The van der Waals surface area contributed by atoms with Crippen LogP contribution in [0.3, 0.4) is 0 Å². The first kappa shape index (κ1) is 16.1. The fourth-order valence-corrected chi connectivity index (χ4v) is 27.7. The molecule has 3 aliphatic rings. The van der Waals surface area contributed by atoms with Crippen molar-refractivity contribution in [1.82, 2.24) is 0 Å². The van der Waals surface area contributed by atoms with Crippen LogP contribution in [0.15, 0.2) is 0 Å². The van der Waals surface area contributed by atoms with E-state index in [0.717, 1.165) is 0 Å². The van der Waals surface area contributed by atoms with Gasteiger partial charge in [-0.25, -0.2) is 0 Å². The van der Waals surface area contributed by atoms with E-state index < -0.39 is 9.96 Å². The molecule has 0 amide bonds. The molecule has 0 nitrogen and oxygen atoms in total. The topological polar surface area (TPSA) is 0 Å². The van der Waals surface area contributed by atoms with Crippen molar-refractivity contribution in [3.05, 3.63) is 0 Å². The average Bonchev–Trinajstić information content (AvgIpc) is 2.56. The van der Waals surface area contributed by atoms with Crippen LogP contribution in [0.4, 0.5) is 0 Å². The summed E-state index contributed by atoms with van der Waals surface area (Å²) in [6.45, 7) is 0. The fourth-order valence-electron chi connectivity index (χ4n) is 5.64. The Labute approximate surface area is 140 Å². The van der Waals surface area contributed by atoms with Crippen LogP contribution in [0.1, 0.15) is 96.3 Å². The first-order valence-corrected chi connectivity index (χ1v) is 19.5. The van der Waals surface area contributed by atoms with Gasteiger partial charge in [-0.3, -0.25) is 0 Å². The minimum absolute atomic E-state index is 1.25. The molecule has 0 saturated heterocycles. The van der Waals surface area contributed by atoms with Crippen LogP contribution in [0, 0.1) is 0 Å². The SMILES string of the molecule is [I][Ge]([CH]1CCCCC1)([CH]1CCCCC1)[CH]1CCCCC1. The summed E-state index contributed by atoms with van der Waals surface area (Å²) < 4.78 is 3.74. The van der Waals surface area contributed by atoms with Gasteiger partial charge in [0.25, 0.3) is 0 Å². The van der Waals surface area contributed by atoms with E-state index in [4.69, 9.17) is 0 Å². The van der Waals surface area contributed by atoms with Gasteiger partial charge in [0.05, 0.1) is 0 Å². The third-order valence-corrected chi connectivity index (χ3v) is 31.9. The van der Waals surface area contributed by atoms with E-state index >= 15 is 0 Å². The third-order valence-electron chi connectivity index (χ3n) is 6.69. The zero-order valence-corrected chi connectivity index (χ0v) is 17.5. The summed E-state index contributed by atoms with van der Waals surface area (Å²) in [5.41, 5.74) is 0. The second-order valence-corrected chi connectivity index (χ2v) is 26.2. The molecular formula is C18H33GeI. The van der Waals surface area contributed by atoms with Gasteiger partial charge in [-0.1, -0.05) is 0 Å². The van der Waals surface area contributed by atoms with Gasteiger partial charge in [-0.15, -0.1) is 0 Å². The van der Waals surface area contributed by atoms with Crippen molar-refractivity contribution >= 4 is 30.2 Å². The monoisotopic (exact) mass is 450 g/mol. The second-order valence-electron chi connectivity index (χ2n) is 7.83. The summed E-state index contributed by atoms with van der Waals surface area (Å²) in [6.07, 6.45) is 23.9. The molecule has 0 aromatic heterocycles. The molecule has 0 unspecified atom stereocenters. The summed E-state index contributed by atoms with van der Waals surface area (Å²) in [7, 11) is -1.69. The Kier molecular flexibility index (Phi) is 6.21. The van der Waals surface area contributed by atoms with Gasteiger partial charge in [-0.05, 0) is 0 Å². The van der Waals surface area contributed by atoms with Crippen LogP contribution < -0.4 is 0 Å². The van der Waals surface area contributed by atoms with Gasteiger partial charge in [0.2, 0.25) is 0 Å². The molecule has 0 bridgehead atoms. The van der Waals surface area contributed by atoms with Crippen LogP contribution in [-0.4, -0.2) is 9.96 Å². The molecule has 2 heteroatoms. The molecule has 0 N–H and O–H groups in total. The van der Waals surface area contributed by atoms with Crippen molar-refractivity contribution in [3.8, 4) is 0 Å². The summed E-state index contributed by atoms with van der Waals surface area (Å²) in [5, 5.41) is 0. The molecule has 3 saturated carbocycles. The van der Waals surface area contributed by atoms with Crippen molar-refractivity contribution in [2.75, 3.05) is 0 Å². The predicted octanol–water partition coefficient (Wildman–Crippen LogP) is 7.37. The molecule has 0 aromatic rings. The summed E-state index contributed by atoms with van der Waals surface area (Å²) in [6, 6.07) is 0. The van der Waals surface area contributed by atoms with Gasteiger partial charge < -0.3 is 0 Å². The molecule has 0 aliphatic heterocycles. The van der Waals surface area contributed by atoms with Gasteiger partial charge >= 0.3 is 141 Å². The summed E-state index contributed by atoms with van der Waals surface area (Å²) in [4.78, 5) is 0. The number of halogens is 1. The van der Waals surface area contributed by atoms with Crippen LogP contribution in [-0.2, 0) is 0 Å². The molecule has 0 radical (unpaired) electrons. The van der Waals surface area contributed by atoms with Crippen LogP contribution >= 0.6 is 20.2 Å². The van der Waals surface area contributed by atoms with Crippen LogP contribution in [0.5, 0.6) is 0 Å². The molecule has 0 spiro atoms. The molecular weight excluding hydrogens is 416 g/mol. The Morgan fingerprint density at radius 1 is 0.450 bits per heavy atom. The van der Waals surface area contributed by atoms with Gasteiger partial charge in [0.1, 0.15) is 0 Å². The molecule has 0 heterocycles. The van der Waals surface area contributed by atoms with E-state index in [0.29, 0.717) is 0 Å². The Balaban J connectivity index is 1.79. The average molecular weight is 449 g/mol. The Hall–Kier alpha value is 1.27. The Bertz CT molecular complexity index is 240. The molecule has 3 fully saturated rings. The molecule has 0 atom stereocenters. The third kappa shape index (κ3) is 3.44. The van der Waals surface area contributed by atoms with Crippen molar-refractivity contribution in [1.29, 1.82) is 0 Å². The standard InChI is InChI=1S/C18H33GeI/c20-19(16-10-4-1-5-11-16,17-12-6-2-7-13-17)18-14-8-3-9-15-18/h16-18H,1-15H2. The normalized spacial score (nSPS) is 28.6. The predicted molar refractivity (Wildman–Crippen MR) is 100 cm³/mol. The number of rotatable bonds is 3. The van der Waals surface area contributed by atoms with Gasteiger partial charge in [-0.2, -0.15) is 0 Å². The first-order valence-electron chi connectivity index (χ1n) is 9.50. The van der Waals surface area contributed by atoms with E-state index in [9.17, 15) is 0 Å². The molecule has 3 aliphatic carbocycles. The quantitative estimate of drug-likeness (QED) is 0.312. The summed E-state index contributed by atoms with van der Waals surface area (Å²) >= 11 is 3.22.